The third kappa shape index (κ3) is 5.29. The molecule has 0 aliphatic heterocycles. The fraction of sp³-hybridized carbons (Fsp3) is 0.500. The number of benzene rings is 1. The largest absolute Gasteiger partial charge is 0.467 e. The van der Waals surface area contributed by atoms with Gasteiger partial charge in [0.2, 0.25) is 11.1 Å². The Hall–Kier alpha value is -2.42. The highest BCUT2D eigenvalue weighted by Crippen LogP contribution is 2.20. The molecule has 1 amide bonds. The maximum absolute atomic E-state index is 12.3. The van der Waals surface area contributed by atoms with Gasteiger partial charge in [0.05, 0.1) is 18.6 Å². The Morgan fingerprint density at radius 1 is 1.30 bits per heavy atom. The average Bonchev–Trinajstić information content (AvgIpc) is 3.14. The lowest BCUT2D eigenvalue weighted by molar-refractivity contribution is -0.146. The number of aromatic nitrogens is 4. The predicted octanol–water partition coefficient (Wildman–Crippen LogP) is 2.08. The molecule has 0 saturated heterocycles. The number of carbonyl (C=O) groups excluding carboxylic acids is 2. The van der Waals surface area contributed by atoms with Crippen molar-refractivity contribution >= 4 is 23.6 Å². The van der Waals surface area contributed by atoms with E-state index in [1.54, 1.807) is 4.68 Å². The van der Waals surface area contributed by atoms with Gasteiger partial charge >= 0.3 is 5.97 Å². The highest BCUT2D eigenvalue weighted by molar-refractivity contribution is 7.99. The number of aryl methyl sites for hydroxylation is 2. The van der Waals surface area contributed by atoms with Gasteiger partial charge < -0.3 is 10.1 Å². The van der Waals surface area contributed by atoms with Crippen molar-refractivity contribution in [1.82, 2.24) is 25.5 Å². The van der Waals surface area contributed by atoms with E-state index in [1.807, 2.05) is 45.9 Å². The number of esters is 1. The molecule has 2 atom stereocenters. The van der Waals surface area contributed by atoms with Crippen LogP contribution in [0.4, 0.5) is 0 Å². The zero-order valence-electron chi connectivity index (χ0n) is 16.2. The first kappa shape index (κ1) is 20.9. The molecule has 1 aromatic carbocycles. The number of rotatable bonds is 8. The molecule has 2 rings (SSSR count). The van der Waals surface area contributed by atoms with Gasteiger partial charge in [0.25, 0.3) is 0 Å². The van der Waals surface area contributed by atoms with Crippen LogP contribution in [0.5, 0.6) is 0 Å². The average molecular weight is 391 g/mol. The molecule has 0 fully saturated rings. The Labute approximate surface area is 163 Å². The number of methoxy groups -OCH3 is 1. The fourth-order valence-corrected chi connectivity index (χ4v) is 3.13. The zero-order valence-corrected chi connectivity index (χ0v) is 17.0. The number of nitrogens with zero attached hydrogens (tertiary/aromatic N) is 4. The van der Waals surface area contributed by atoms with Gasteiger partial charge in [0.15, 0.2) is 0 Å². The lowest BCUT2D eigenvalue weighted by Gasteiger charge is -2.21. The molecule has 8 nitrogen and oxygen atoms in total. The lowest BCUT2D eigenvalue weighted by Crippen LogP contribution is -2.46. The summed E-state index contributed by atoms with van der Waals surface area (Å²) in [4.78, 5) is 24.2. The van der Waals surface area contributed by atoms with E-state index in [0.29, 0.717) is 5.16 Å². The van der Waals surface area contributed by atoms with Crippen LogP contribution >= 0.6 is 11.8 Å². The van der Waals surface area contributed by atoms with Crippen molar-refractivity contribution < 1.29 is 14.3 Å². The van der Waals surface area contributed by atoms with Crippen LogP contribution in [-0.2, 0) is 14.3 Å². The second-order valence-corrected chi connectivity index (χ2v) is 7.33. The number of nitrogens with one attached hydrogen (secondary N) is 1. The molecule has 1 heterocycles. The van der Waals surface area contributed by atoms with Crippen molar-refractivity contribution in [3.8, 4) is 5.69 Å². The number of thioether (sulfide) groups is 1. The standard InChI is InChI=1S/C18H25N5O3S/c1-6-11(2)16(17(25)26-5)19-15(24)10-27-18-20-21-22-23(18)14-8-7-12(3)13(4)9-14/h7-9,11,16H,6,10H2,1-5H3,(H,19,24)/t11-,16-/m0/s1. The van der Waals surface area contributed by atoms with Crippen molar-refractivity contribution in [2.75, 3.05) is 12.9 Å². The smallest absolute Gasteiger partial charge is 0.328 e. The molecule has 1 aromatic heterocycles. The molecular weight excluding hydrogens is 366 g/mol. The molecule has 0 saturated carbocycles. The summed E-state index contributed by atoms with van der Waals surface area (Å²) < 4.78 is 6.38. The van der Waals surface area contributed by atoms with Gasteiger partial charge in [-0.05, 0) is 53.5 Å². The molecular formula is C18H25N5O3S. The summed E-state index contributed by atoms with van der Waals surface area (Å²) in [7, 11) is 1.32. The third-order valence-corrected chi connectivity index (χ3v) is 5.41. The Morgan fingerprint density at radius 2 is 2.04 bits per heavy atom. The quantitative estimate of drug-likeness (QED) is 0.543. The van der Waals surface area contributed by atoms with Gasteiger partial charge in [-0.25, -0.2) is 4.79 Å². The van der Waals surface area contributed by atoms with Gasteiger partial charge in [-0.15, -0.1) is 5.10 Å². The van der Waals surface area contributed by atoms with Crippen LogP contribution in [0.25, 0.3) is 5.69 Å². The molecule has 0 radical (unpaired) electrons. The van der Waals surface area contributed by atoms with Crippen LogP contribution in [0.2, 0.25) is 0 Å². The summed E-state index contributed by atoms with van der Waals surface area (Å²) in [5.74, 6) is -0.643. The molecule has 9 heteroatoms. The van der Waals surface area contributed by atoms with Gasteiger partial charge in [0, 0.05) is 0 Å². The first-order chi connectivity index (χ1) is 12.9. The van der Waals surface area contributed by atoms with Crippen molar-refractivity contribution in [3.63, 3.8) is 0 Å². The number of ether oxygens (including phenoxy) is 1. The maximum atomic E-state index is 12.3. The van der Waals surface area contributed by atoms with E-state index >= 15 is 0 Å². The van der Waals surface area contributed by atoms with Crippen molar-refractivity contribution in [3.05, 3.63) is 29.3 Å². The highest BCUT2D eigenvalue weighted by Gasteiger charge is 2.26. The van der Waals surface area contributed by atoms with Gasteiger partial charge in [-0.1, -0.05) is 38.1 Å². The van der Waals surface area contributed by atoms with E-state index in [0.717, 1.165) is 17.7 Å². The molecule has 0 aliphatic rings. The molecule has 0 aliphatic carbocycles. The van der Waals surface area contributed by atoms with Crippen molar-refractivity contribution in [2.24, 2.45) is 5.92 Å². The minimum absolute atomic E-state index is 0.0211. The fourth-order valence-electron chi connectivity index (χ4n) is 2.43. The van der Waals surface area contributed by atoms with Crippen molar-refractivity contribution in [1.29, 1.82) is 0 Å². The molecule has 0 spiro atoms. The Bertz CT molecular complexity index is 808. The van der Waals surface area contributed by atoms with Gasteiger partial charge in [0.1, 0.15) is 6.04 Å². The summed E-state index contributed by atoms with van der Waals surface area (Å²) >= 11 is 1.21. The zero-order chi connectivity index (χ0) is 20.0. The maximum Gasteiger partial charge on any atom is 0.328 e. The van der Waals surface area contributed by atoms with Crippen LogP contribution in [0, 0.1) is 19.8 Å². The Kier molecular flexibility index (Phi) is 7.35. The van der Waals surface area contributed by atoms with Crippen LogP contribution < -0.4 is 5.32 Å². The number of hydrogen-bond acceptors (Lipinski definition) is 7. The number of hydrogen-bond donors (Lipinski definition) is 1. The van der Waals surface area contributed by atoms with Crippen LogP contribution in [0.1, 0.15) is 31.4 Å². The van der Waals surface area contributed by atoms with Gasteiger partial charge in [-0.3, -0.25) is 4.79 Å². The first-order valence-corrected chi connectivity index (χ1v) is 9.71. The van der Waals surface area contributed by atoms with Crippen molar-refractivity contribution in [2.45, 2.75) is 45.3 Å². The minimum atomic E-state index is -0.663. The summed E-state index contributed by atoms with van der Waals surface area (Å²) in [5.41, 5.74) is 3.14. The SMILES string of the molecule is CC[C@H](C)[C@H](NC(=O)CSc1nnnn1-c1ccc(C)c(C)c1)C(=O)OC. The molecule has 0 bridgehead atoms. The minimum Gasteiger partial charge on any atom is -0.467 e. The van der Waals surface area contributed by atoms with E-state index in [4.69, 9.17) is 4.74 Å². The molecule has 0 unspecified atom stereocenters. The van der Waals surface area contributed by atoms with Crippen LogP contribution in [0.15, 0.2) is 23.4 Å². The lowest BCUT2D eigenvalue weighted by atomic mass is 9.99. The monoisotopic (exact) mass is 391 g/mol. The topological polar surface area (TPSA) is 99.0 Å². The van der Waals surface area contributed by atoms with E-state index in [1.165, 1.54) is 24.4 Å². The highest BCUT2D eigenvalue weighted by atomic mass is 32.2. The Balaban J connectivity index is 2.04. The molecule has 1 N–H and O–H groups in total. The number of tetrazole rings is 1. The summed E-state index contributed by atoms with van der Waals surface area (Å²) in [5, 5.41) is 15.0. The third-order valence-electron chi connectivity index (χ3n) is 4.49. The van der Waals surface area contributed by atoms with Crippen LogP contribution in [-0.4, -0.2) is 51.0 Å². The second kappa shape index (κ2) is 9.50. The molecule has 146 valence electrons. The summed E-state index contributed by atoms with van der Waals surface area (Å²) in [6.07, 6.45) is 0.748. The number of carbonyl (C=O) groups is 2. The summed E-state index contributed by atoms with van der Waals surface area (Å²) in [6.45, 7) is 7.91. The van der Waals surface area contributed by atoms with Gasteiger partial charge in [-0.2, -0.15) is 4.68 Å². The van der Waals surface area contributed by atoms with E-state index in [-0.39, 0.29) is 17.6 Å². The number of amides is 1. The molecule has 27 heavy (non-hydrogen) atoms. The first-order valence-electron chi connectivity index (χ1n) is 8.73. The van der Waals surface area contributed by atoms with E-state index in [9.17, 15) is 9.59 Å². The summed E-state index contributed by atoms with van der Waals surface area (Å²) in [6, 6.07) is 5.26. The van der Waals surface area contributed by atoms with E-state index in [2.05, 4.69) is 20.8 Å². The predicted molar refractivity (Wildman–Crippen MR) is 103 cm³/mol. The normalized spacial score (nSPS) is 13.1. The van der Waals surface area contributed by atoms with E-state index < -0.39 is 12.0 Å². The second-order valence-electron chi connectivity index (χ2n) is 6.38. The van der Waals surface area contributed by atoms with Crippen LogP contribution in [0.3, 0.4) is 0 Å². The Morgan fingerprint density at radius 3 is 2.67 bits per heavy atom. The molecule has 2 aromatic rings.